The lowest BCUT2D eigenvalue weighted by molar-refractivity contribution is -0.141. The van der Waals surface area contributed by atoms with Crippen molar-refractivity contribution in [3.63, 3.8) is 0 Å². The molecule has 9 amide bonds. The zero-order valence-electron chi connectivity index (χ0n) is 43.2. The lowest BCUT2D eigenvalue weighted by Crippen LogP contribution is -2.62. The van der Waals surface area contributed by atoms with E-state index in [0.717, 1.165) is 0 Å². The number of hydrogen-bond acceptors (Lipinski definition) is 13. The van der Waals surface area contributed by atoms with Gasteiger partial charge in [0.1, 0.15) is 48.0 Å². The van der Waals surface area contributed by atoms with Gasteiger partial charge in [-0.05, 0) is 73.6 Å². The largest absolute Gasteiger partial charge is 0.508 e. The average Bonchev–Trinajstić information content (AvgIpc) is 3.85. The summed E-state index contributed by atoms with van der Waals surface area (Å²) in [4.78, 5) is 135. The van der Waals surface area contributed by atoms with Crippen LogP contribution in [0.3, 0.4) is 0 Å². The molecule has 23 nitrogen and oxygen atoms in total. The van der Waals surface area contributed by atoms with Crippen LogP contribution in [-0.2, 0) is 60.8 Å². The molecular formula is C51H76N10O13. The summed E-state index contributed by atoms with van der Waals surface area (Å²) >= 11 is 0. The predicted octanol–water partition coefficient (Wildman–Crippen LogP) is -1.00. The van der Waals surface area contributed by atoms with E-state index in [4.69, 9.17) is 11.5 Å². The van der Waals surface area contributed by atoms with E-state index in [1.807, 2.05) is 6.92 Å². The Morgan fingerprint density at radius 3 is 1.78 bits per heavy atom. The number of benzene rings is 2. The normalized spacial score (nSPS) is 17.0. The van der Waals surface area contributed by atoms with E-state index in [0.29, 0.717) is 36.9 Å². The Kier molecular flexibility index (Phi) is 24.4. The predicted molar refractivity (Wildman–Crippen MR) is 271 cm³/mol. The van der Waals surface area contributed by atoms with Crippen molar-refractivity contribution in [2.24, 2.45) is 29.2 Å². The molecule has 23 heteroatoms. The molecule has 0 bridgehead atoms. The molecule has 0 aromatic heterocycles. The first-order chi connectivity index (χ1) is 34.8. The number of carboxylic acids is 1. The van der Waals surface area contributed by atoms with Crippen molar-refractivity contribution < 1.29 is 63.3 Å². The zero-order chi connectivity index (χ0) is 55.4. The van der Waals surface area contributed by atoms with Gasteiger partial charge in [0.25, 0.3) is 0 Å². The maximum atomic E-state index is 14.3. The summed E-state index contributed by atoms with van der Waals surface area (Å²) in [5, 5.41) is 47.9. The second kappa shape index (κ2) is 29.5. The summed E-state index contributed by atoms with van der Waals surface area (Å²) in [6.45, 7) is 11.5. The van der Waals surface area contributed by atoms with E-state index in [1.54, 1.807) is 65.0 Å². The van der Waals surface area contributed by atoms with Crippen molar-refractivity contribution in [3.05, 3.63) is 65.7 Å². The number of phenols is 1. The fraction of sp³-hybridized carbons (Fsp3) is 0.569. The van der Waals surface area contributed by atoms with Crippen molar-refractivity contribution in [3.8, 4) is 5.75 Å². The first-order valence-electron chi connectivity index (χ1n) is 25.0. The van der Waals surface area contributed by atoms with Gasteiger partial charge in [-0.25, -0.2) is 0 Å². The van der Waals surface area contributed by atoms with Crippen LogP contribution in [0.25, 0.3) is 0 Å². The third-order valence-corrected chi connectivity index (χ3v) is 12.7. The summed E-state index contributed by atoms with van der Waals surface area (Å²) in [6, 6.07) is 4.05. The standard InChI is InChI=1S/C51H76N10O13/c1-8-29(6)42(59-48(71)38-15-12-22-61(38)51(74)41(52)28(4)5)49(72)58-37(24-31-13-10-9-11-14-31)47(70)60-43(30(7)62)50(73)57-36(25-32-16-18-33(63)19-17-32)45(68)54-26-39(64)55-34(20-21-40(65)66)46(69)56-35(44(53)67)23-27(2)3/h9-11,13-14,16-19,27-30,34-38,41-43,62-63H,8,12,15,20-26,52H2,1-7H3,(H2,53,67)(H,54,68)(H,55,64)(H,56,69)(H,57,73)(H,58,72)(H,59,71)(H,60,70)(H,65,66)/t29-,30+,34-,35-,36-,37-,38-,41-,42-,43-/m0/s1. The number of phenolic OH excluding ortho intramolecular Hbond substituents is 1. The number of aromatic hydroxyl groups is 1. The highest BCUT2D eigenvalue weighted by atomic mass is 16.4. The molecule has 2 aromatic carbocycles. The van der Waals surface area contributed by atoms with Crippen molar-refractivity contribution in [1.82, 2.24) is 42.1 Å². The minimum Gasteiger partial charge on any atom is -0.508 e. The molecule has 0 radical (unpaired) electrons. The molecule has 10 atom stereocenters. The quantitative estimate of drug-likeness (QED) is 0.0465. The first kappa shape index (κ1) is 61.2. The Labute approximate surface area is 431 Å². The van der Waals surface area contributed by atoms with Crippen LogP contribution in [0.2, 0.25) is 0 Å². The molecule has 1 aliphatic rings. The van der Waals surface area contributed by atoms with Crippen LogP contribution < -0.4 is 48.7 Å². The topological polar surface area (TPSA) is 371 Å². The number of rotatable bonds is 29. The monoisotopic (exact) mass is 1040 g/mol. The summed E-state index contributed by atoms with van der Waals surface area (Å²) in [6.07, 6.45) is -1.41. The molecule has 0 spiro atoms. The number of primary amides is 1. The highest BCUT2D eigenvalue weighted by Gasteiger charge is 2.40. The smallest absolute Gasteiger partial charge is 0.303 e. The minimum absolute atomic E-state index is 0.0685. The van der Waals surface area contributed by atoms with Gasteiger partial charge in [0.05, 0.1) is 18.7 Å². The van der Waals surface area contributed by atoms with Gasteiger partial charge in [-0.1, -0.05) is 90.4 Å². The molecule has 408 valence electrons. The number of carbonyl (C=O) groups excluding carboxylic acids is 9. The van der Waals surface area contributed by atoms with Crippen LogP contribution in [0.15, 0.2) is 54.6 Å². The number of nitrogens with zero attached hydrogens (tertiary/aromatic N) is 1. The number of carboxylic acid groups (broad SMARTS) is 1. The number of nitrogens with one attached hydrogen (secondary N) is 7. The first-order valence-corrected chi connectivity index (χ1v) is 25.0. The summed E-state index contributed by atoms with van der Waals surface area (Å²) in [7, 11) is 0. The number of aliphatic hydroxyl groups excluding tert-OH is 1. The zero-order valence-corrected chi connectivity index (χ0v) is 43.2. The van der Waals surface area contributed by atoms with Gasteiger partial charge < -0.3 is 68.9 Å². The van der Waals surface area contributed by atoms with Crippen LogP contribution in [-0.4, -0.2) is 147 Å². The Morgan fingerprint density at radius 2 is 1.24 bits per heavy atom. The van der Waals surface area contributed by atoms with E-state index in [-0.39, 0.29) is 49.2 Å². The van der Waals surface area contributed by atoms with Crippen molar-refractivity contribution in [2.45, 2.75) is 154 Å². The van der Waals surface area contributed by atoms with E-state index in [1.165, 1.54) is 36.1 Å². The minimum atomic E-state index is -1.75. The highest BCUT2D eigenvalue weighted by molar-refractivity contribution is 5.98. The molecule has 0 aliphatic carbocycles. The van der Waals surface area contributed by atoms with E-state index in [9.17, 15) is 63.3 Å². The fourth-order valence-electron chi connectivity index (χ4n) is 8.11. The number of likely N-dealkylation sites (tertiary alicyclic amines) is 1. The van der Waals surface area contributed by atoms with Crippen molar-refractivity contribution in [1.29, 1.82) is 0 Å². The third kappa shape index (κ3) is 19.4. The maximum absolute atomic E-state index is 14.3. The van der Waals surface area contributed by atoms with Crippen molar-refractivity contribution >= 4 is 59.1 Å². The molecule has 0 unspecified atom stereocenters. The van der Waals surface area contributed by atoms with Crippen LogP contribution in [0.5, 0.6) is 5.75 Å². The molecule has 1 aliphatic heterocycles. The van der Waals surface area contributed by atoms with Gasteiger partial charge in [0, 0.05) is 25.8 Å². The second-order valence-electron chi connectivity index (χ2n) is 19.6. The number of aliphatic hydroxyl groups is 1. The Bertz CT molecular complexity index is 2260. The Morgan fingerprint density at radius 1 is 0.689 bits per heavy atom. The molecule has 1 fully saturated rings. The maximum Gasteiger partial charge on any atom is 0.303 e. The SMILES string of the molecule is CC[C@H](C)[C@H](NC(=O)[C@@H]1CCCN1C(=O)[C@@H](N)C(C)C)C(=O)N[C@@H](Cc1ccccc1)C(=O)N[C@H](C(=O)N[C@@H](Cc1ccc(O)cc1)C(=O)NCC(=O)N[C@@H](CCC(=O)O)C(=O)N[C@@H](CC(C)C)C(N)=O)[C@@H](C)O. The number of aliphatic carboxylic acids is 1. The molecule has 2 aromatic rings. The van der Waals surface area contributed by atoms with Crippen molar-refractivity contribution in [2.75, 3.05) is 13.1 Å². The molecular weight excluding hydrogens is 961 g/mol. The van der Waals surface area contributed by atoms with E-state index in [2.05, 4.69) is 37.2 Å². The summed E-state index contributed by atoms with van der Waals surface area (Å²) < 4.78 is 0. The Hall–Kier alpha value is -7.14. The highest BCUT2D eigenvalue weighted by Crippen LogP contribution is 2.21. The fourth-order valence-corrected chi connectivity index (χ4v) is 8.11. The summed E-state index contributed by atoms with van der Waals surface area (Å²) in [5.74, 6) is -9.38. The van der Waals surface area contributed by atoms with E-state index < -0.39 is 127 Å². The summed E-state index contributed by atoms with van der Waals surface area (Å²) in [5.41, 5.74) is 12.6. The number of amides is 9. The molecule has 1 heterocycles. The van der Waals surface area contributed by atoms with Crippen LogP contribution in [0.1, 0.15) is 98.1 Å². The van der Waals surface area contributed by atoms with E-state index >= 15 is 0 Å². The third-order valence-electron chi connectivity index (χ3n) is 12.7. The number of hydrogen-bond donors (Lipinski definition) is 12. The van der Waals surface area contributed by atoms with Gasteiger partial charge >= 0.3 is 5.97 Å². The lowest BCUT2D eigenvalue weighted by atomic mass is 9.96. The van der Waals surface area contributed by atoms with Gasteiger partial charge in [0.2, 0.25) is 53.2 Å². The number of carbonyl (C=O) groups is 10. The van der Waals surface area contributed by atoms with Crippen LogP contribution in [0.4, 0.5) is 0 Å². The van der Waals surface area contributed by atoms with Crippen LogP contribution >= 0.6 is 0 Å². The number of nitrogens with two attached hydrogens (primary N) is 2. The van der Waals surface area contributed by atoms with Gasteiger partial charge in [-0.3, -0.25) is 47.9 Å². The van der Waals surface area contributed by atoms with Gasteiger partial charge in [0.15, 0.2) is 0 Å². The average molecular weight is 1040 g/mol. The molecule has 3 rings (SSSR count). The Balaban J connectivity index is 1.86. The molecule has 14 N–H and O–H groups in total. The van der Waals surface area contributed by atoms with Gasteiger partial charge in [-0.15, -0.1) is 0 Å². The lowest BCUT2D eigenvalue weighted by Gasteiger charge is -2.31. The van der Waals surface area contributed by atoms with Gasteiger partial charge in [-0.2, -0.15) is 0 Å². The molecule has 0 saturated carbocycles. The second-order valence-corrected chi connectivity index (χ2v) is 19.6. The molecule has 74 heavy (non-hydrogen) atoms. The van der Waals surface area contributed by atoms with Crippen LogP contribution in [0, 0.1) is 17.8 Å². The molecule has 1 saturated heterocycles.